The fourth-order valence-electron chi connectivity index (χ4n) is 1.63. The van der Waals surface area contributed by atoms with Crippen molar-refractivity contribution in [2.75, 3.05) is 13.2 Å². The molecule has 1 aliphatic rings. The highest BCUT2D eigenvalue weighted by Gasteiger charge is 2.19. The summed E-state index contributed by atoms with van der Waals surface area (Å²) in [6.07, 6.45) is 2.00. The Balaban J connectivity index is 2.16. The first kappa shape index (κ1) is 11.4. The van der Waals surface area contributed by atoms with Gasteiger partial charge in [-0.3, -0.25) is 9.63 Å². The SMILES string of the molecule is Cc1ccc(C(=O)N2CCCCO2)cc1Cl. The Labute approximate surface area is 99.9 Å². The second-order valence-electron chi connectivity index (χ2n) is 3.91. The molecule has 0 unspecified atom stereocenters. The zero-order valence-corrected chi connectivity index (χ0v) is 9.96. The summed E-state index contributed by atoms with van der Waals surface area (Å²) in [4.78, 5) is 17.3. The van der Waals surface area contributed by atoms with Crippen molar-refractivity contribution in [2.45, 2.75) is 19.8 Å². The molecule has 0 radical (unpaired) electrons. The number of aryl methyl sites for hydroxylation is 1. The number of hydrogen-bond donors (Lipinski definition) is 0. The van der Waals surface area contributed by atoms with Crippen molar-refractivity contribution in [1.29, 1.82) is 0 Å². The van der Waals surface area contributed by atoms with Crippen LogP contribution in [0.15, 0.2) is 18.2 Å². The maximum Gasteiger partial charge on any atom is 0.277 e. The third-order valence-corrected chi connectivity index (χ3v) is 3.06. The monoisotopic (exact) mass is 239 g/mol. The maximum atomic E-state index is 12.0. The predicted octanol–water partition coefficient (Wildman–Crippen LogP) is 2.82. The Morgan fingerprint density at radius 1 is 1.44 bits per heavy atom. The normalized spacial score (nSPS) is 16.2. The van der Waals surface area contributed by atoms with Crippen LogP contribution in [0.1, 0.15) is 28.8 Å². The molecule has 1 amide bonds. The average Bonchev–Trinajstić information content (AvgIpc) is 2.33. The van der Waals surface area contributed by atoms with Crippen LogP contribution in [0.3, 0.4) is 0 Å². The van der Waals surface area contributed by atoms with Crippen molar-refractivity contribution in [3.8, 4) is 0 Å². The molecular formula is C12H14ClNO2. The van der Waals surface area contributed by atoms with Crippen molar-refractivity contribution >= 4 is 17.5 Å². The lowest BCUT2D eigenvalue weighted by atomic mass is 10.1. The van der Waals surface area contributed by atoms with Crippen LogP contribution in [-0.2, 0) is 4.84 Å². The van der Waals surface area contributed by atoms with Gasteiger partial charge in [0.05, 0.1) is 6.61 Å². The first-order valence-electron chi connectivity index (χ1n) is 5.39. The van der Waals surface area contributed by atoms with Gasteiger partial charge in [0.1, 0.15) is 0 Å². The maximum absolute atomic E-state index is 12.0. The van der Waals surface area contributed by atoms with Crippen molar-refractivity contribution in [3.05, 3.63) is 34.3 Å². The minimum atomic E-state index is -0.110. The van der Waals surface area contributed by atoms with Crippen LogP contribution in [-0.4, -0.2) is 24.1 Å². The summed E-state index contributed by atoms with van der Waals surface area (Å²) >= 11 is 5.99. The standard InChI is InChI=1S/C12H14ClNO2/c1-9-4-5-10(8-11(9)13)12(15)14-6-2-3-7-16-14/h4-5,8H,2-3,6-7H2,1H3. The molecule has 2 rings (SSSR count). The molecule has 86 valence electrons. The van der Waals surface area contributed by atoms with Gasteiger partial charge in [0.25, 0.3) is 5.91 Å². The molecule has 0 spiro atoms. The number of carbonyl (C=O) groups is 1. The van der Waals surface area contributed by atoms with Crippen molar-refractivity contribution in [1.82, 2.24) is 5.06 Å². The van der Waals surface area contributed by atoms with Gasteiger partial charge in [0, 0.05) is 17.1 Å². The van der Waals surface area contributed by atoms with Gasteiger partial charge in [-0.05, 0) is 37.5 Å². The van der Waals surface area contributed by atoms with Crippen LogP contribution in [0.4, 0.5) is 0 Å². The Kier molecular flexibility index (Phi) is 3.46. The van der Waals surface area contributed by atoms with E-state index in [1.165, 1.54) is 5.06 Å². The molecule has 0 saturated carbocycles. The molecule has 1 heterocycles. The summed E-state index contributed by atoms with van der Waals surface area (Å²) in [6, 6.07) is 5.32. The van der Waals surface area contributed by atoms with Gasteiger partial charge >= 0.3 is 0 Å². The minimum Gasteiger partial charge on any atom is -0.271 e. The molecule has 0 atom stereocenters. The fraction of sp³-hybridized carbons (Fsp3) is 0.417. The zero-order valence-electron chi connectivity index (χ0n) is 9.20. The summed E-state index contributed by atoms with van der Waals surface area (Å²) in [5.41, 5.74) is 1.55. The molecule has 3 nitrogen and oxygen atoms in total. The summed E-state index contributed by atoms with van der Waals surface area (Å²) in [5, 5.41) is 2.03. The largest absolute Gasteiger partial charge is 0.277 e. The highest BCUT2D eigenvalue weighted by atomic mass is 35.5. The smallest absolute Gasteiger partial charge is 0.271 e. The highest BCUT2D eigenvalue weighted by Crippen LogP contribution is 2.19. The highest BCUT2D eigenvalue weighted by molar-refractivity contribution is 6.31. The van der Waals surface area contributed by atoms with Gasteiger partial charge in [0.15, 0.2) is 0 Å². The van der Waals surface area contributed by atoms with E-state index in [1.54, 1.807) is 12.1 Å². The van der Waals surface area contributed by atoms with Crippen molar-refractivity contribution in [3.63, 3.8) is 0 Å². The molecule has 1 aromatic carbocycles. The summed E-state index contributed by atoms with van der Waals surface area (Å²) < 4.78 is 0. The van der Waals surface area contributed by atoms with Crippen molar-refractivity contribution < 1.29 is 9.63 Å². The van der Waals surface area contributed by atoms with Gasteiger partial charge in [0.2, 0.25) is 0 Å². The number of halogens is 1. The van der Waals surface area contributed by atoms with E-state index in [9.17, 15) is 4.79 Å². The number of nitrogens with zero attached hydrogens (tertiary/aromatic N) is 1. The Bertz CT molecular complexity index is 400. The number of hydrogen-bond acceptors (Lipinski definition) is 2. The lowest BCUT2D eigenvalue weighted by molar-refractivity contribution is -0.144. The van der Waals surface area contributed by atoms with Gasteiger partial charge in [-0.15, -0.1) is 0 Å². The zero-order chi connectivity index (χ0) is 11.5. The van der Waals surface area contributed by atoms with E-state index in [0.29, 0.717) is 23.7 Å². The Hall–Kier alpha value is -1.06. The van der Waals surface area contributed by atoms with Crippen LogP contribution >= 0.6 is 11.6 Å². The number of hydroxylamine groups is 2. The summed E-state index contributed by atoms with van der Waals surface area (Å²) in [6.45, 7) is 3.18. The summed E-state index contributed by atoms with van der Waals surface area (Å²) in [7, 11) is 0. The molecule has 16 heavy (non-hydrogen) atoms. The topological polar surface area (TPSA) is 29.5 Å². The molecule has 0 bridgehead atoms. The van der Waals surface area contributed by atoms with Crippen LogP contribution < -0.4 is 0 Å². The second kappa shape index (κ2) is 4.85. The molecule has 1 fully saturated rings. The third-order valence-electron chi connectivity index (χ3n) is 2.65. The number of carbonyl (C=O) groups excluding carboxylic acids is 1. The average molecular weight is 240 g/mol. The molecule has 0 N–H and O–H groups in total. The lowest BCUT2D eigenvalue weighted by Gasteiger charge is -2.25. The molecule has 4 heteroatoms. The molecule has 1 aliphatic heterocycles. The lowest BCUT2D eigenvalue weighted by Crippen LogP contribution is -2.35. The van der Waals surface area contributed by atoms with Gasteiger partial charge in [-0.1, -0.05) is 17.7 Å². The number of rotatable bonds is 1. The fourth-order valence-corrected chi connectivity index (χ4v) is 1.81. The van der Waals surface area contributed by atoms with Crippen molar-refractivity contribution in [2.24, 2.45) is 0 Å². The summed E-state index contributed by atoms with van der Waals surface area (Å²) in [5.74, 6) is -0.110. The van der Waals surface area contributed by atoms with E-state index in [2.05, 4.69) is 0 Å². The van der Waals surface area contributed by atoms with Crippen LogP contribution in [0.2, 0.25) is 5.02 Å². The quantitative estimate of drug-likeness (QED) is 0.754. The minimum absolute atomic E-state index is 0.110. The van der Waals surface area contributed by atoms with E-state index >= 15 is 0 Å². The Morgan fingerprint density at radius 2 is 2.25 bits per heavy atom. The molecule has 0 aliphatic carbocycles. The van der Waals surface area contributed by atoms with Crippen LogP contribution in [0, 0.1) is 6.92 Å². The number of amides is 1. The van der Waals surface area contributed by atoms with Gasteiger partial charge in [-0.2, -0.15) is 0 Å². The second-order valence-corrected chi connectivity index (χ2v) is 4.32. The van der Waals surface area contributed by atoms with Gasteiger partial charge < -0.3 is 0 Å². The van der Waals surface area contributed by atoms with Crippen LogP contribution in [0.5, 0.6) is 0 Å². The molecule has 1 saturated heterocycles. The van der Waals surface area contributed by atoms with E-state index in [-0.39, 0.29) is 5.91 Å². The van der Waals surface area contributed by atoms with E-state index in [4.69, 9.17) is 16.4 Å². The van der Waals surface area contributed by atoms with Gasteiger partial charge in [-0.25, -0.2) is 5.06 Å². The molecular weight excluding hydrogens is 226 g/mol. The van der Waals surface area contributed by atoms with E-state index in [0.717, 1.165) is 18.4 Å². The van der Waals surface area contributed by atoms with E-state index < -0.39 is 0 Å². The molecule has 0 aromatic heterocycles. The van der Waals surface area contributed by atoms with E-state index in [1.807, 2.05) is 13.0 Å². The Morgan fingerprint density at radius 3 is 2.88 bits per heavy atom. The predicted molar refractivity (Wildman–Crippen MR) is 62.4 cm³/mol. The van der Waals surface area contributed by atoms with Crippen LogP contribution in [0.25, 0.3) is 0 Å². The first-order valence-corrected chi connectivity index (χ1v) is 5.77. The molecule has 1 aromatic rings. The first-order chi connectivity index (χ1) is 7.68. The third kappa shape index (κ3) is 2.36. The number of benzene rings is 1.